The molecule has 176 valence electrons. The van der Waals surface area contributed by atoms with Crippen molar-refractivity contribution in [3.05, 3.63) is 82.9 Å². The number of phenols is 1. The summed E-state index contributed by atoms with van der Waals surface area (Å²) >= 11 is 0. The van der Waals surface area contributed by atoms with Crippen LogP contribution in [0.5, 0.6) is 5.75 Å². The minimum atomic E-state index is -0.728. The summed E-state index contributed by atoms with van der Waals surface area (Å²) < 4.78 is 0. The van der Waals surface area contributed by atoms with Crippen LogP contribution in [0.2, 0.25) is 0 Å². The fourth-order valence-electron chi connectivity index (χ4n) is 4.78. The number of carbonyl (C=O) groups is 2. The van der Waals surface area contributed by atoms with Gasteiger partial charge >= 0.3 is 0 Å². The summed E-state index contributed by atoms with van der Waals surface area (Å²) in [5.74, 6) is -0.0440. The molecule has 0 aromatic heterocycles. The third-order valence-electron chi connectivity index (χ3n) is 6.58. The summed E-state index contributed by atoms with van der Waals surface area (Å²) in [7, 11) is 0. The Labute approximate surface area is 200 Å². The van der Waals surface area contributed by atoms with Crippen LogP contribution in [0.15, 0.2) is 60.7 Å². The lowest BCUT2D eigenvalue weighted by Crippen LogP contribution is -2.46. The van der Waals surface area contributed by atoms with E-state index < -0.39 is 6.04 Å². The number of hydrogen-bond acceptors (Lipinski definition) is 4. The van der Waals surface area contributed by atoms with Gasteiger partial charge < -0.3 is 21.1 Å². The molecule has 0 radical (unpaired) electrons. The van der Waals surface area contributed by atoms with Crippen molar-refractivity contribution in [1.82, 2.24) is 5.32 Å². The van der Waals surface area contributed by atoms with Crippen LogP contribution >= 0.6 is 0 Å². The van der Waals surface area contributed by atoms with Gasteiger partial charge in [0, 0.05) is 19.2 Å². The van der Waals surface area contributed by atoms with Crippen LogP contribution in [0, 0.1) is 13.8 Å². The van der Waals surface area contributed by atoms with E-state index in [1.807, 2.05) is 56.3 Å². The molecule has 3 aromatic carbocycles. The molecule has 1 heterocycles. The topological polar surface area (TPSA) is 95.7 Å². The molecule has 4 rings (SSSR count). The van der Waals surface area contributed by atoms with Gasteiger partial charge in [-0.25, -0.2) is 0 Å². The molecule has 2 atom stereocenters. The number of benzene rings is 3. The average molecular weight is 458 g/mol. The number of rotatable bonds is 5. The largest absolute Gasteiger partial charge is 0.508 e. The third kappa shape index (κ3) is 4.82. The summed E-state index contributed by atoms with van der Waals surface area (Å²) in [5.41, 5.74) is 13.0. The van der Waals surface area contributed by atoms with E-state index in [4.69, 9.17) is 5.73 Å². The zero-order chi connectivity index (χ0) is 24.4. The van der Waals surface area contributed by atoms with E-state index in [9.17, 15) is 14.7 Å². The highest BCUT2D eigenvalue weighted by Gasteiger charge is 2.30. The first-order valence-corrected chi connectivity index (χ1v) is 11.6. The lowest BCUT2D eigenvalue weighted by Gasteiger charge is -2.35. The van der Waals surface area contributed by atoms with Crippen LogP contribution in [0.4, 0.5) is 5.69 Å². The first-order valence-electron chi connectivity index (χ1n) is 11.6. The van der Waals surface area contributed by atoms with Crippen LogP contribution in [-0.2, 0) is 16.0 Å². The SMILES string of the molecule is CC(=O)N1CC[C@@H](NC(=O)[C@@H](N)Cc2c(C)cc(O)cc2C)c2cc(-c3ccccc3)ccc21. The van der Waals surface area contributed by atoms with Gasteiger partial charge in [-0.1, -0.05) is 36.4 Å². The molecule has 0 saturated heterocycles. The van der Waals surface area contributed by atoms with Crippen LogP contribution in [0.25, 0.3) is 11.1 Å². The van der Waals surface area contributed by atoms with Crippen LogP contribution in [-0.4, -0.2) is 29.5 Å². The maximum absolute atomic E-state index is 13.1. The molecule has 0 bridgehead atoms. The quantitative estimate of drug-likeness (QED) is 0.536. The predicted molar refractivity (Wildman–Crippen MR) is 135 cm³/mol. The number of phenolic OH excluding ortho intramolecular Hbond substituents is 1. The van der Waals surface area contributed by atoms with Gasteiger partial charge in [0.05, 0.1) is 12.1 Å². The number of nitrogens with one attached hydrogen (secondary N) is 1. The van der Waals surface area contributed by atoms with Gasteiger partial charge in [-0.3, -0.25) is 9.59 Å². The third-order valence-corrected chi connectivity index (χ3v) is 6.58. The van der Waals surface area contributed by atoms with Crippen molar-refractivity contribution in [2.75, 3.05) is 11.4 Å². The normalized spacial score (nSPS) is 16.0. The van der Waals surface area contributed by atoms with Gasteiger partial charge in [-0.05, 0) is 84.3 Å². The van der Waals surface area contributed by atoms with Crippen molar-refractivity contribution < 1.29 is 14.7 Å². The highest BCUT2D eigenvalue weighted by Crippen LogP contribution is 2.37. The Balaban J connectivity index is 1.59. The molecule has 1 aliphatic rings. The number of aromatic hydroxyl groups is 1. The molecule has 0 aliphatic carbocycles. The van der Waals surface area contributed by atoms with Gasteiger partial charge in [0.15, 0.2) is 0 Å². The molecule has 6 nitrogen and oxygen atoms in total. The van der Waals surface area contributed by atoms with E-state index in [-0.39, 0.29) is 23.6 Å². The Morgan fingerprint density at radius 3 is 2.38 bits per heavy atom. The lowest BCUT2D eigenvalue weighted by atomic mass is 9.91. The number of nitrogens with two attached hydrogens (primary N) is 1. The second-order valence-corrected chi connectivity index (χ2v) is 9.03. The number of hydrogen-bond donors (Lipinski definition) is 3. The van der Waals surface area contributed by atoms with Crippen molar-refractivity contribution in [3.63, 3.8) is 0 Å². The summed E-state index contributed by atoms with van der Waals surface area (Å²) in [6.45, 7) is 5.91. The van der Waals surface area contributed by atoms with Crippen molar-refractivity contribution in [3.8, 4) is 16.9 Å². The Morgan fingerprint density at radius 2 is 1.74 bits per heavy atom. The van der Waals surface area contributed by atoms with Crippen molar-refractivity contribution in [2.24, 2.45) is 5.73 Å². The Kier molecular flexibility index (Phi) is 6.70. The molecular weight excluding hydrogens is 426 g/mol. The highest BCUT2D eigenvalue weighted by atomic mass is 16.3. The zero-order valence-corrected chi connectivity index (χ0v) is 19.8. The number of amides is 2. The zero-order valence-electron chi connectivity index (χ0n) is 19.8. The average Bonchev–Trinajstić information content (AvgIpc) is 2.81. The first-order chi connectivity index (χ1) is 16.2. The Bertz CT molecular complexity index is 1200. The van der Waals surface area contributed by atoms with Crippen LogP contribution in [0.3, 0.4) is 0 Å². The van der Waals surface area contributed by atoms with Crippen LogP contribution in [0.1, 0.15) is 41.6 Å². The smallest absolute Gasteiger partial charge is 0.237 e. The predicted octanol–water partition coefficient (Wildman–Crippen LogP) is 4.16. The van der Waals surface area contributed by atoms with Gasteiger partial charge in [0.25, 0.3) is 0 Å². The minimum absolute atomic E-state index is 0.0199. The molecule has 3 aromatic rings. The molecule has 0 spiro atoms. The number of anilines is 1. The molecule has 0 unspecified atom stereocenters. The first kappa shape index (κ1) is 23.5. The van der Waals surface area contributed by atoms with Crippen molar-refractivity contribution in [2.45, 2.75) is 45.7 Å². The van der Waals surface area contributed by atoms with Gasteiger partial charge in [0.2, 0.25) is 11.8 Å². The monoisotopic (exact) mass is 457 g/mol. The number of aryl methyl sites for hydroxylation is 2. The van der Waals surface area contributed by atoms with Gasteiger partial charge in [0.1, 0.15) is 5.75 Å². The summed E-state index contributed by atoms with van der Waals surface area (Å²) in [6.07, 6.45) is 0.994. The standard InChI is InChI=1S/C28H31N3O3/c1-17-13-22(33)14-18(2)23(17)16-25(29)28(34)30-26-11-12-31(19(3)32)27-10-9-21(15-24(26)27)20-7-5-4-6-8-20/h4-10,13-15,25-26,33H,11-12,16,29H2,1-3H3,(H,30,34)/t25-,26+/m0/s1. The number of fused-ring (bicyclic) bond motifs is 1. The summed E-state index contributed by atoms with van der Waals surface area (Å²) in [5, 5.41) is 12.9. The molecule has 34 heavy (non-hydrogen) atoms. The second kappa shape index (κ2) is 9.69. The number of carbonyl (C=O) groups excluding carboxylic acids is 2. The van der Waals surface area contributed by atoms with Gasteiger partial charge in [-0.15, -0.1) is 0 Å². The molecular formula is C28H31N3O3. The maximum Gasteiger partial charge on any atom is 0.237 e. The fraction of sp³-hybridized carbons (Fsp3) is 0.286. The summed E-state index contributed by atoms with van der Waals surface area (Å²) in [4.78, 5) is 27.1. The minimum Gasteiger partial charge on any atom is -0.508 e. The fourth-order valence-corrected chi connectivity index (χ4v) is 4.78. The van der Waals surface area contributed by atoms with E-state index >= 15 is 0 Å². The Morgan fingerprint density at radius 1 is 1.06 bits per heavy atom. The van der Waals surface area contributed by atoms with Crippen molar-refractivity contribution >= 4 is 17.5 Å². The second-order valence-electron chi connectivity index (χ2n) is 9.03. The van der Waals surface area contributed by atoms with E-state index in [0.29, 0.717) is 19.4 Å². The highest BCUT2D eigenvalue weighted by molar-refractivity contribution is 5.94. The van der Waals surface area contributed by atoms with E-state index in [0.717, 1.165) is 39.1 Å². The van der Waals surface area contributed by atoms with Crippen molar-refractivity contribution in [1.29, 1.82) is 0 Å². The van der Waals surface area contributed by atoms with E-state index in [1.54, 1.807) is 24.0 Å². The van der Waals surface area contributed by atoms with Crippen LogP contribution < -0.4 is 16.0 Å². The number of nitrogens with zero attached hydrogens (tertiary/aromatic N) is 1. The van der Waals surface area contributed by atoms with E-state index in [1.165, 1.54) is 0 Å². The molecule has 2 amide bonds. The van der Waals surface area contributed by atoms with Gasteiger partial charge in [-0.2, -0.15) is 0 Å². The lowest BCUT2D eigenvalue weighted by molar-refractivity contribution is -0.123. The maximum atomic E-state index is 13.1. The molecule has 6 heteroatoms. The molecule has 1 aliphatic heterocycles. The summed E-state index contributed by atoms with van der Waals surface area (Å²) in [6, 6.07) is 18.5. The molecule has 0 fully saturated rings. The van der Waals surface area contributed by atoms with E-state index in [2.05, 4.69) is 11.4 Å². The Hall–Kier alpha value is -3.64. The molecule has 0 saturated carbocycles. The molecule has 4 N–H and O–H groups in total.